The van der Waals surface area contributed by atoms with Crippen LogP contribution < -0.4 is 5.73 Å². The minimum absolute atomic E-state index is 0.249. The molecule has 0 fully saturated rings. The molecule has 0 saturated carbocycles. The van der Waals surface area contributed by atoms with Crippen molar-refractivity contribution < 1.29 is 5.11 Å². The van der Waals surface area contributed by atoms with Gasteiger partial charge in [0.05, 0.1) is 6.20 Å². The summed E-state index contributed by atoms with van der Waals surface area (Å²) in [4.78, 5) is 0. The summed E-state index contributed by atoms with van der Waals surface area (Å²) >= 11 is 0. The van der Waals surface area contributed by atoms with Crippen molar-refractivity contribution in [3.63, 3.8) is 0 Å². The molecule has 0 aliphatic heterocycles. The Morgan fingerprint density at radius 3 is 2.73 bits per heavy atom. The third-order valence-electron chi connectivity index (χ3n) is 2.62. The summed E-state index contributed by atoms with van der Waals surface area (Å²) in [6, 6.07) is 0. The van der Waals surface area contributed by atoms with Crippen LogP contribution in [0.1, 0.15) is 38.7 Å². The van der Waals surface area contributed by atoms with E-state index in [1.807, 2.05) is 17.8 Å². The predicted molar refractivity (Wildman–Crippen MR) is 60.4 cm³/mol. The van der Waals surface area contributed by atoms with E-state index in [0.29, 0.717) is 6.42 Å². The summed E-state index contributed by atoms with van der Waals surface area (Å²) in [7, 11) is 0. The molecule has 0 bridgehead atoms. The second-order valence-electron chi connectivity index (χ2n) is 3.98. The van der Waals surface area contributed by atoms with E-state index < -0.39 is 5.60 Å². The average molecular weight is 211 g/mol. The summed E-state index contributed by atoms with van der Waals surface area (Å²) in [6.07, 6.45) is 6.24. The monoisotopic (exact) mass is 211 g/mol. The summed E-state index contributed by atoms with van der Waals surface area (Å²) in [6.45, 7) is 5.27. The lowest BCUT2D eigenvalue weighted by Gasteiger charge is -2.24. The standard InChI is InChI=1S/C11H21N3O/c1-3-5-11(15,9-12)10-7-13-14(8-10)6-4-2/h7-8,15H,3-6,9,12H2,1-2H3. The maximum absolute atomic E-state index is 10.3. The Labute approximate surface area is 91.1 Å². The molecule has 0 amide bonds. The quantitative estimate of drug-likeness (QED) is 0.744. The van der Waals surface area contributed by atoms with Crippen LogP contribution in [0.15, 0.2) is 12.4 Å². The van der Waals surface area contributed by atoms with Gasteiger partial charge in [0.15, 0.2) is 0 Å². The van der Waals surface area contributed by atoms with Gasteiger partial charge in [0.25, 0.3) is 0 Å². The molecule has 1 unspecified atom stereocenters. The smallest absolute Gasteiger partial charge is 0.105 e. The van der Waals surface area contributed by atoms with Gasteiger partial charge in [-0.3, -0.25) is 4.68 Å². The Kier molecular flexibility index (Phi) is 4.29. The zero-order valence-corrected chi connectivity index (χ0v) is 9.61. The molecule has 0 saturated heterocycles. The Morgan fingerprint density at radius 2 is 2.20 bits per heavy atom. The molecule has 3 N–H and O–H groups in total. The summed E-state index contributed by atoms with van der Waals surface area (Å²) in [5.74, 6) is 0. The fourth-order valence-corrected chi connectivity index (χ4v) is 1.73. The molecule has 86 valence electrons. The van der Waals surface area contributed by atoms with Gasteiger partial charge in [-0.1, -0.05) is 20.3 Å². The first-order valence-corrected chi connectivity index (χ1v) is 5.61. The molecule has 0 spiro atoms. The zero-order valence-electron chi connectivity index (χ0n) is 9.61. The molecule has 1 aromatic rings. The fraction of sp³-hybridized carbons (Fsp3) is 0.727. The van der Waals surface area contributed by atoms with Crippen LogP contribution in [0.2, 0.25) is 0 Å². The normalized spacial score (nSPS) is 15.2. The molecule has 0 aromatic carbocycles. The van der Waals surface area contributed by atoms with Crippen molar-refractivity contribution in [1.82, 2.24) is 9.78 Å². The van der Waals surface area contributed by atoms with Gasteiger partial charge in [0, 0.05) is 24.8 Å². The third kappa shape index (κ3) is 2.79. The summed E-state index contributed by atoms with van der Waals surface area (Å²) in [5.41, 5.74) is 5.55. The van der Waals surface area contributed by atoms with Crippen LogP contribution in [-0.4, -0.2) is 21.4 Å². The lowest BCUT2D eigenvalue weighted by atomic mass is 9.92. The van der Waals surface area contributed by atoms with Crippen molar-refractivity contribution in [2.75, 3.05) is 6.54 Å². The van der Waals surface area contributed by atoms with Gasteiger partial charge in [0.2, 0.25) is 0 Å². The predicted octanol–water partition coefficient (Wildman–Crippen LogP) is 1.24. The number of aryl methyl sites for hydroxylation is 1. The molecule has 1 rings (SSSR count). The number of rotatable bonds is 6. The number of nitrogens with zero attached hydrogens (tertiary/aromatic N) is 2. The molecule has 4 nitrogen and oxygen atoms in total. The first-order valence-electron chi connectivity index (χ1n) is 5.61. The van der Waals surface area contributed by atoms with Crippen molar-refractivity contribution in [2.24, 2.45) is 5.73 Å². The highest BCUT2D eigenvalue weighted by Crippen LogP contribution is 2.24. The van der Waals surface area contributed by atoms with E-state index in [-0.39, 0.29) is 6.54 Å². The first-order chi connectivity index (χ1) is 7.16. The molecule has 15 heavy (non-hydrogen) atoms. The van der Waals surface area contributed by atoms with Gasteiger partial charge in [-0.2, -0.15) is 5.10 Å². The van der Waals surface area contributed by atoms with E-state index in [1.165, 1.54) is 0 Å². The van der Waals surface area contributed by atoms with E-state index in [4.69, 9.17) is 5.73 Å². The van der Waals surface area contributed by atoms with E-state index in [1.54, 1.807) is 6.20 Å². The lowest BCUT2D eigenvalue weighted by molar-refractivity contribution is 0.0358. The Morgan fingerprint density at radius 1 is 1.47 bits per heavy atom. The Balaban J connectivity index is 2.82. The van der Waals surface area contributed by atoms with Crippen LogP contribution in [0.25, 0.3) is 0 Å². The second-order valence-corrected chi connectivity index (χ2v) is 3.98. The number of aliphatic hydroxyl groups is 1. The first kappa shape index (κ1) is 12.2. The molecular weight excluding hydrogens is 190 g/mol. The number of hydrogen-bond donors (Lipinski definition) is 2. The number of hydrogen-bond acceptors (Lipinski definition) is 3. The fourth-order valence-electron chi connectivity index (χ4n) is 1.73. The van der Waals surface area contributed by atoms with E-state index in [9.17, 15) is 5.11 Å². The van der Waals surface area contributed by atoms with Crippen molar-refractivity contribution in [3.05, 3.63) is 18.0 Å². The Hall–Kier alpha value is -0.870. The van der Waals surface area contributed by atoms with Crippen LogP contribution in [-0.2, 0) is 12.1 Å². The highest BCUT2D eigenvalue weighted by Gasteiger charge is 2.27. The maximum atomic E-state index is 10.3. The second kappa shape index (κ2) is 5.28. The van der Waals surface area contributed by atoms with Gasteiger partial charge < -0.3 is 10.8 Å². The van der Waals surface area contributed by atoms with Crippen molar-refractivity contribution in [3.8, 4) is 0 Å². The molecule has 1 heterocycles. The highest BCUT2D eigenvalue weighted by molar-refractivity contribution is 5.15. The zero-order chi connectivity index (χ0) is 11.3. The van der Waals surface area contributed by atoms with E-state index in [0.717, 1.165) is 24.9 Å². The van der Waals surface area contributed by atoms with Crippen molar-refractivity contribution in [1.29, 1.82) is 0 Å². The van der Waals surface area contributed by atoms with Gasteiger partial charge >= 0.3 is 0 Å². The largest absolute Gasteiger partial charge is 0.384 e. The molecular formula is C11H21N3O. The van der Waals surface area contributed by atoms with E-state index >= 15 is 0 Å². The average Bonchev–Trinajstić information content (AvgIpc) is 2.68. The van der Waals surface area contributed by atoms with Gasteiger partial charge in [0.1, 0.15) is 5.60 Å². The lowest BCUT2D eigenvalue weighted by Crippen LogP contribution is -2.34. The maximum Gasteiger partial charge on any atom is 0.105 e. The molecule has 0 aliphatic rings. The molecule has 1 atom stereocenters. The Bertz CT molecular complexity index is 298. The van der Waals surface area contributed by atoms with Crippen molar-refractivity contribution in [2.45, 2.75) is 45.3 Å². The minimum atomic E-state index is -0.902. The van der Waals surface area contributed by atoms with Crippen LogP contribution in [0.3, 0.4) is 0 Å². The van der Waals surface area contributed by atoms with Crippen LogP contribution in [0.5, 0.6) is 0 Å². The molecule has 1 aromatic heterocycles. The third-order valence-corrected chi connectivity index (χ3v) is 2.62. The van der Waals surface area contributed by atoms with Crippen LogP contribution in [0, 0.1) is 0 Å². The topological polar surface area (TPSA) is 64.1 Å². The van der Waals surface area contributed by atoms with Crippen LogP contribution in [0.4, 0.5) is 0 Å². The minimum Gasteiger partial charge on any atom is -0.384 e. The number of aromatic nitrogens is 2. The summed E-state index contributed by atoms with van der Waals surface area (Å²) < 4.78 is 1.85. The molecule has 4 heteroatoms. The van der Waals surface area contributed by atoms with Gasteiger partial charge in [-0.15, -0.1) is 0 Å². The van der Waals surface area contributed by atoms with E-state index in [2.05, 4.69) is 12.0 Å². The molecule has 0 aliphatic carbocycles. The van der Waals surface area contributed by atoms with Crippen LogP contribution >= 0.6 is 0 Å². The molecule has 0 radical (unpaired) electrons. The van der Waals surface area contributed by atoms with Gasteiger partial charge in [-0.25, -0.2) is 0 Å². The SMILES string of the molecule is CCCn1cc(C(O)(CN)CCC)cn1. The highest BCUT2D eigenvalue weighted by atomic mass is 16.3. The van der Waals surface area contributed by atoms with Crippen molar-refractivity contribution >= 4 is 0 Å². The van der Waals surface area contributed by atoms with Gasteiger partial charge in [-0.05, 0) is 12.8 Å². The summed E-state index contributed by atoms with van der Waals surface area (Å²) in [5, 5.41) is 14.5. The number of nitrogens with two attached hydrogens (primary N) is 1.